The predicted molar refractivity (Wildman–Crippen MR) is 60.0 cm³/mol. The van der Waals surface area contributed by atoms with Crippen molar-refractivity contribution in [2.24, 2.45) is 7.05 Å². The Hall–Kier alpha value is -1.43. The Balaban J connectivity index is 1.83. The summed E-state index contributed by atoms with van der Waals surface area (Å²) < 4.78 is 1.88. The molecule has 0 aliphatic carbocycles. The number of hydrogen-bond acceptors (Lipinski definition) is 5. The van der Waals surface area contributed by atoms with Gasteiger partial charge in [-0.25, -0.2) is 0 Å². The quantitative estimate of drug-likeness (QED) is 0.847. The fourth-order valence-corrected chi connectivity index (χ4v) is 1.93. The van der Waals surface area contributed by atoms with E-state index >= 15 is 0 Å². The zero-order valence-corrected chi connectivity index (χ0v) is 9.58. The minimum Gasteiger partial charge on any atom is -0.360 e. The lowest BCUT2D eigenvalue weighted by Crippen LogP contribution is -2.08. The second-order valence-corrected chi connectivity index (χ2v) is 4.43. The first-order chi connectivity index (χ1) is 7.25. The van der Waals surface area contributed by atoms with E-state index in [1.807, 2.05) is 30.9 Å². The number of rotatable bonds is 4. The first-order valence-electron chi connectivity index (χ1n) is 4.76. The summed E-state index contributed by atoms with van der Waals surface area (Å²) in [6, 6.07) is 2.02. The molecule has 0 saturated heterocycles. The summed E-state index contributed by atoms with van der Waals surface area (Å²) >= 11 is 1.57. The van der Waals surface area contributed by atoms with Gasteiger partial charge in [0.05, 0.1) is 0 Å². The van der Waals surface area contributed by atoms with Gasteiger partial charge in [0, 0.05) is 31.9 Å². The number of nitrogens with zero attached hydrogens (tertiary/aromatic N) is 4. The average Bonchev–Trinajstić information content (AvgIpc) is 2.77. The van der Waals surface area contributed by atoms with Crippen molar-refractivity contribution in [1.82, 2.24) is 20.0 Å². The van der Waals surface area contributed by atoms with E-state index in [0.29, 0.717) is 0 Å². The maximum absolute atomic E-state index is 4.11. The van der Waals surface area contributed by atoms with Crippen molar-refractivity contribution in [3.05, 3.63) is 23.0 Å². The van der Waals surface area contributed by atoms with Crippen molar-refractivity contribution in [3.63, 3.8) is 0 Å². The molecule has 0 amide bonds. The van der Waals surface area contributed by atoms with E-state index in [-0.39, 0.29) is 0 Å². The molecule has 0 saturated carbocycles. The lowest BCUT2D eigenvalue weighted by atomic mass is 10.3. The third-order valence-electron chi connectivity index (χ3n) is 2.11. The van der Waals surface area contributed by atoms with E-state index in [1.165, 1.54) is 5.69 Å². The molecule has 0 aliphatic heterocycles. The molecular formula is C9H13N5S. The Labute approximate surface area is 92.2 Å². The monoisotopic (exact) mass is 223 g/mol. The largest absolute Gasteiger partial charge is 0.360 e. The van der Waals surface area contributed by atoms with E-state index in [0.717, 1.165) is 23.1 Å². The van der Waals surface area contributed by atoms with Crippen LogP contribution in [0.1, 0.15) is 10.7 Å². The van der Waals surface area contributed by atoms with Crippen LogP contribution in [-0.4, -0.2) is 26.5 Å². The second kappa shape index (κ2) is 4.39. The number of nitrogens with one attached hydrogen (secondary N) is 1. The lowest BCUT2D eigenvalue weighted by Gasteiger charge is -2.02. The van der Waals surface area contributed by atoms with Gasteiger partial charge in [-0.15, -0.1) is 10.2 Å². The summed E-state index contributed by atoms with van der Waals surface area (Å²) in [5.41, 5.74) is 1.21. The average molecular weight is 223 g/mol. The fraction of sp³-hybridized carbons (Fsp3) is 0.444. The van der Waals surface area contributed by atoms with Crippen LogP contribution in [0.3, 0.4) is 0 Å². The van der Waals surface area contributed by atoms with Gasteiger partial charge in [0.1, 0.15) is 5.01 Å². The molecule has 0 atom stereocenters. The Morgan fingerprint density at radius 3 is 2.93 bits per heavy atom. The molecule has 80 valence electrons. The van der Waals surface area contributed by atoms with Crippen LogP contribution in [0.25, 0.3) is 0 Å². The van der Waals surface area contributed by atoms with Crippen molar-refractivity contribution in [1.29, 1.82) is 0 Å². The van der Waals surface area contributed by atoms with Gasteiger partial charge in [0.25, 0.3) is 0 Å². The Kier molecular flexibility index (Phi) is 2.96. The van der Waals surface area contributed by atoms with Crippen LogP contribution < -0.4 is 5.32 Å². The molecule has 5 nitrogen and oxygen atoms in total. The predicted octanol–water partition coefficient (Wildman–Crippen LogP) is 1.23. The molecule has 2 rings (SSSR count). The summed E-state index contributed by atoms with van der Waals surface area (Å²) in [5, 5.41) is 17.1. The van der Waals surface area contributed by atoms with Gasteiger partial charge in [-0.05, 0) is 13.0 Å². The first-order valence-corrected chi connectivity index (χ1v) is 5.58. The van der Waals surface area contributed by atoms with Crippen LogP contribution in [-0.2, 0) is 13.5 Å². The molecule has 2 aromatic rings. The Morgan fingerprint density at radius 1 is 1.47 bits per heavy atom. The van der Waals surface area contributed by atoms with Gasteiger partial charge in [-0.3, -0.25) is 4.68 Å². The van der Waals surface area contributed by atoms with Crippen molar-refractivity contribution >= 4 is 16.5 Å². The third kappa shape index (κ3) is 2.53. The smallest absolute Gasteiger partial charge is 0.205 e. The molecule has 0 aromatic carbocycles. The van der Waals surface area contributed by atoms with Crippen molar-refractivity contribution in [2.75, 3.05) is 11.9 Å². The molecule has 2 heterocycles. The number of anilines is 1. The highest BCUT2D eigenvalue weighted by Gasteiger charge is 2.00. The summed E-state index contributed by atoms with van der Waals surface area (Å²) in [7, 11) is 1.95. The zero-order chi connectivity index (χ0) is 10.7. The van der Waals surface area contributed by atoms with E-state index < -0.39 is 0 Å². The molecule has 15 heavy (non-hydrogen) atoms. The van der Waals surface area contributed by atoms with Crippen LogP contribution in [0.5, 0.6) is 0 Å². The van der Waals surface area contributed by atoms with Crippen LogP contribution in [0.4, 0.5) is 5.13 Å². The summed E-state index contributed by atoms with van der Waals surface area (Å²) in [4.78, 5) is 0. The van der Waals surface area contributed by atoms with E-state index in [2.05, 4.69) is 20.6 Å². The summed E-state index contributed by atoms with van der Waals surface area (Å²) in [6.45, 7) is 2.80. The van der Waals surface area contributed by atoms with Crippen LogP contribution >= 0.6 is 11.3 Å². The minimum absolute atomic E-state index is 0.855. The molecule has 1 N–H and O–H groups in total. The molecule has 0 bridgehead atoms. The molecule has 0 unspecified atom stereocenters. The maximum Gasteiger partial charge on any atom is 0.205 e. The molecule has 0 radical (unpaired) electrons. The highest BCUT2D eigenvalue weighted by molar-refractivity contribution is 7.15. The Bertz CT molecular complexity index is 433. The van der Waals surface area contributed by atoms with E-state index in [9.17, 15) is 0 Å². The SMILES string of the molecule is Cc1nnc(NCCc2ccnn2C)s1. The van der Waals surface area contributed by atoms with Gasteiger partial charge >= 0.3 is 0 Å². The van der Waals surface area contributed by atoms with Gasteiger partial charge in [-0.2, -0.15) is 5.10 Å². The molecular weight excluding hydrogens is 210 g/mol. The van der Waals surface area contributed by atoms with E-state index in [1.54, 1.807) is 11.3 Å². The van der Waals surface area contributed by atoms with Crippen LogP contribution in [0.2, 0.25) is 0 Å². The minimum atomic E-state index is 0.855. The third-order valence-corrected chi connectivity index (χ3v) is 2.90. The fourth-order valence-electron chi connectivity index (χ4n) is 1.31. The van der Waals surface area contributed by atoms with E-state index in [4.69, 9.17) is 0 Å². The standard InChI is InChI=1S/C9H13N5S/c1-7-12-13-9(15-7)10-5-3-8-4-6-11-14(8)2/h4,6H,3,5H2,1-2H3,(H,10,13). The summed E-state index contributed by atoms with van der Waals surface area (Å²) in [5.74, 6) is 0. The topological polar surface area (TPSA) is 55.6 Å². The van der Waals surface area contributed by atoms with Crippen molar-refractivity contribution < 1.29 is 0 Å². The highest BCUT2D eigenvalue weighted by atomic mass is 32.1. The Morgan fingerprint density at radius 2 is 2.33 bits per heavy atom. The zero-order valence-electron chi connectivity index (χ0n) is 8.77. The number of aromatic nitrogens is 4. The van der Waals surface area contributed by atoms with Crippen LogP contribution in [0, 0.1) is 6.92 Å². The molecule has 6 heteroatoms. The van der Waals surface area contributed by atoms with Crippen molar-refractivity contribution in [3.8, 4) is 0 Å². The van der Waals surface area contributed by atoms with Crippen molar-refractivity contribution in [2.45, 2.75) is 13.3 Å². The van der Waals surface area contributed by atoms with Gasteiger partial charge in [0.2, 0.25) is 5.13 Å². The lowest BCUT2D eigenvalue weighted by molar-refractivity contribution is 0.711. The number of aryl methyl sites for hydroxylation is 2. The highest BCUT2D eigenvalue weighted by Crippen LogP contribution is 2.13. The maximum atomic E-state index is 4.11. The molecule has 0 aliphatic rings. The van der Waals surface area contributed by atoms with Crippen LogP contribution in [0.15, 0.2) is 12.3 Å². The number of hydrogen-bond donors (Lipinski definition) is 1. The second-order valence-electron chi connectivity index (χ2n) is 3.25. The molecule has 0 fully saturated rings. The van der Waals surface area contributed by atoms with Gasteiger partial charge in [0.15, 0.2) is 0 Å². The summed E-state index contributed by atoms with van der Waals surface area (Å²) in [6.07, 6.45) is 2.75. The molecule has 2 aromatic heterocycles. The van der Waals surface area contributed by atoms with Gasteiger partial charge < -0.3 is 5.32 Å². The first kappa shape index (κ1) is 10.1. The van der Waals surface area contributed by atoms with Gasteiger partial charge in [-0.1, -0.05) is 11.3 Å². The normalized spacial score (nSPS) is 10.5. The molecule has 0 spiro atoms.